The second kappa shape index (κ2) is 12.4. The maximum absolute atomic E-state index is 10.7. The summed E-state index contributed by atoms with van der Waals surface area (Å²) in [5, 5.41) is 17.4. The number of nitro groups is 1. The summed E-state index contributed by atoms with van der Waals surface area (Å²) >= 11 is 0. The Hall–Kier alpha value is -2.19. The van der Waals surface area contributed by atoms with Crippen molar-refractivity contribution in [1.82, 2.24) is 15.5 Å². The van der Waals surface area contributed by atoms with E-state index in [2.05, 4.69) is 34.4 Å². The van der Waals surface area contributed by atoms with Crippen LogP contribution in [0.4, 0.5) is 5.69 Å². The van der Waals surface area contributed by atoms with Crippen LogP contribution < -0.4 is 10.6 Å². The second-order valence-electron chi connectivity index (χ2n) is 7.91. The first-order valence-electron chi connectivity index (χ1n) is 10.5. The standard InChI is InChI=1S/C21H35N5O3/c1-17(2)15-25-12-13-29-20(16-25)14-24-21(22-3)23-11-5-4-6-18-7-9-19(10-8-18)26(27)28/h7-10,17,20H,4-6,11-16H2,1-3H3,(H2,22,23,24). The average Bonchev–Trinajstić information content (AvgIpc) is 2.70. The molecule has 1 aliphatic heterocycles. The molecule has 0 aliphatic carbocycles. The fourth-order valence-corrected chi connectivity index (χ4v) is 3.46. The lowest BCUT2D eigenvalue weighted by atomic mass is 10.1. The van der Waals surface area contributed by atoms with Crippen molar-refractivity contribution in [3.8, 4) is 0 Å². The molecule has 1 saturated heterocycles. The number of nitrogens with one attached hydrogen (secondary N) is 2. The van der Waals surface area contributed by atoms with Crippen molar-refractivity contribution in [2.24, 2.45) is 10.9 Å². The number of hydrogen-bond donors (Lipinski definition) is 2. The number of aliphatic imine (C=N–C) groups is 1. The third-order valence-electron chi connectivity index (χ3n) is 4.90. The molecule has 1 aromatic rings. The molecular weight excluding hydrogens is 370 g/mol. The van der Waals surface area contributed by atoms with Crippen LogP contribution in [-0.4, -0.2) is 68.3 Å². The molecule has 162 valence electrons. The number of nitrogens with zero attached hydrogens (tertiary/aromatic N) is 3. The van der Waals surface area contributed by atoms with Crippen LogP contribution in [0.2, 0.25) is 0 Å². The van der Waals surface area contributed by atoms with Gasteiger partial charge in [-0.15, -0.1) is 0 Å². The Labute approximate surface area is 173 Å². The monoisotopic (exact) mass is 405 g/mol. The van der Waals surface area contributed by atoms with Crippen LogP contribution in [0.25, 0.3) is 0 Å². The van der Waals surface area contributed by atoms with Crippen LogP contribution in [0, 0.1) is 16.0 Å². The quantitative estimate of drug-likeness (QED) is 0.204. The fraction of sp³-hybridized carbons (Fsp3) is 0.667. The molecule has 1 aromatic carbocycles. The zero-order valence-electron chi connectivity index (χ0n) is 17.9. The lowest BCUT2D eigenvalue weighted by Crippen LogP contribution is -2.50. The number of benzene rings is 1. The number of non-ortho nitro benzene ring substituents is 1. The van der Waals surface area contributed by atoms with Crippen LogP contribution in [0.5, 0.6) is 0 Å². The van der Waals surface area contributed by atoms with E-state index in [9.17, 15) is 10.1 Å². The minimum absolute atomic E-state index is 0.138. The maximum atomic E-state index is 10.7. The van der Waals surface area contributed by atoms with Gasteiger partial charge in [0, 0.05) is 51.9 Å². The van der Waals surface area contributed by atoms with Crippen LogP contribution in [0.15, 0.2) is 29.3 Å². The van der Waals surface area contributed by atoms with Gasteiger partial charge in [0.15, 0.2) is 5.96 Å². The zero-order chi connectivity index (χ0) is 21.1. The highest BCUT2D eigenvalue weighted by molar-refractivity contribution is 5.79. The molecule has 8 nitrogen and oxygen atoms in total. The number of unbranched alkanes of at least 4 members (excludes halogenated alkanes) is 1. The smallest absolute Gasteiger partial charge is 0.269 e. The molecule has 0 saturated carbocycles. The average molecular weight is 406 g/mol. The van der Waals surface area contributed by atoms with Crippen molar-refractivity contribution in [3.05, 3.63) is 39.9 Å². The lowest BCUT2D eigenvalue weighted by molar-refractivity contribution is -0.384. The first-order valence-corrected chi connectivity index (χ1v) is 10.5. The summed E-state index contributed by atoms with van der Waals surface area (Å²) in [5.41, 5.74) is 1.26. The summed E-state index contributed by atoms with van der Waals surface area (Å²) in [6, 6.07) is 6.79. The molecule has 1 aliphatic rings. The van der Waals surface area contributed by atoms with Crippen LogP contribution in [0.1, 0.15) is 32.3 Å². The van der Waals surface area contributed by atoms with Gasteiger partial charge in [0.25, 0.3) is 5.69 Å². The minimum Gasteiger partial charge on any atom is -0.374 e. The molecule has 2 rings (SSSR count). The molecule has 1 atom stereocenters. The predicted octanol–water partition coefficient (Wildman–Crippen LogP) is 2.44. The van der Waals surface area contributed by atoms with Crippen molar-refractivity contribution in [2.45, 2.75) is 39.2 Å². The Bertz CT molecular complexity index is 648. The number of hydrogen-bond acceptors (Lipinski definition) is 5. The molecule has 1 fully saturated rings. The van der Waals surface area contributed by atoms with E-state index in [1.165, 1.54) is 0 Å². The van der Waals surface area contributed by atoms with Gasteiger partial charge in [-0.25, -0.2) is 0 Å². The molecule has 1 heterocycles. The molecule has 8 heteroatoms. The first kappa shape index (κ1) is 23.1. The van der Waals surface area contributed by atoms with E-state index in [0.717, 1.165) is 70.1 Å². The normalized spacial score (nSPS) is 18.1. The highest BCUT2D eigenvalue weighted by Crippen LogP contribution is 2.13. The van der Waals surface area contributed by atoms with Crippen molar-refractivity contribution in [3.63, 3.8) is 0 Å². The fourth-order valence-electron chi connectivity index (χ4n) is 3.46. The van der Waals surface area contributed by atoms with E-state index < -0.39 is 0 Å². The largest absolute Gasteiger partial charge is 0.374 e. The van der Waals surface area contributed by atoms with E-state index in [-0.39, 0.29) is 16.7 Å². The molecule has 2 N–H and O–H groups in total. The van der Waals surface area contributed by atoms with Crippen molar-refractivity contribution >= 4 is 11.6 Å². The molecule has 0 radical (unpaired) electrons. The highest BCUT2D eigenvalue weighted by atomic mass is 16.6. The maximum Gasteiger partial charge on any atom is 0.269 e. The van der Waals surface area contributed by atoms with Gasteiger partial charge >= 0.3 is 0 Å². The van der Waals surface area contributed by atoms with Crippen LogP contribution >= 0.6 is 0 Å². The summed E-state index contributed by atoms with van der Waals surface area (Å²) in [4.78, 5) is 17.1. The van der Waals surface area contributed by atoms with Crippen molar-refractivity contribution in [2.75, 3.05) is 46.4 Å². The molecule has 0 aromatic heterocycles. The van der Waals surface area contributed by atoms with Gasteiger partial charge in [0.05, 0.1) is 17.6 Å². The van der Waals surface area contributed by atoms with E-state index >= 15 is 0 Å². The Balaban J connectivity index is 1.60. The van der Waals surface area contributed by atoms with Gasteiger partial charge in [0.1, 0.15) is 0 Å². The molecule has 0 amide bonds. The number of morpholine rings is 1. The summed E-state index contributed by atoms with van der Waals surface area (Å²) in [6.45, 7) is 9.93. The number of nitro benzene ring substituents is 1. The number of ether oxygens (including phenoxy) is 1. The van der Waals surface area contributed by atoms with Gasteiger partial charge in [-0.1, -0.05) is 26.0 Å². The lowest BCUT2D eigenvalue weighted by Gasteiger charge is -2.34. The topological polar surface area (TPSA) is 92.0 Å². The molecule has 29 heavy (non-hydrogen) atoms. The van der Waals surface area contributed by atoms with Crippen LogP contribution in [0.3, 0.4) is 0 Å². The van der Waals surface area contributed by atoms with Crippen molar-refractivity contribution < 1.29 is 9.66 Å². The third kappa shape index (κ3) is 8.79. The van der Waals surface area contributed by atoms with Crippen LogP contribution in [-0.2, 0) is 11.2 Å². The second-order valence-corrected chi connectivity index (χ2v) is 7.91. The Morgan fingerprint density at radius 2 is 2.07 bits per heavy atom. The Kier molecular flexibility index (Phi) is 9.87. The summed E-state index contributed by atoms with van der Waals surface area (Å²) in [5.74, 6) is 1.46. The van der Waals surface area contributed by atoms with Gasteiger partial charge in [-0.3, -0.25) is 20.0 Å². The molecule has 0 bridgehead atoms. The summed E-state index contributed by atoms with van der Waals surface area (Å²) in [6.07, 6.45) is 3.10. The van der Waals surface area contributed by atoms with Gasteiger partial charge in [-0.2, -0.15) is 0 Å². The number of guanidine groups is 1. The SMILES string of the molecule is CN=C(NCCCCc1ccc([N+](=O)[O-])cc1)NCC1CN(CC(C)C)CCO1. The van der Waals surface area contributed by atoms with Gasteiger partial charge in [-0.05, 0) is 30.7 Å². The Morgan fingerprint density at radius 3 is 2.72 bits per heavy atom. The van der Waals surface area contributed by atoms with E-state index in [1.807, 2.05) is 12.1 Å². The van der Waals surface area contributed by atoms with E-state index in [1.54, 1.807) is 19.2 Å². The molecule has 0 spiro atoms. The third-order valence-corrected chi connectivity index (χ3v) is 4.90. The first-order chi connectivity index (χ1) is 14.0. The summed E-state index contributed by atoms with van der Waals surface area (Å²) in [7, 11) is 1.78. The molecular formula is C21H35N5O3. The molecule has 1 unspecified atom stereocenters. The van der Waals surface area contributed by atoms with E-state index in [0.29, 0.717) is 5.92 Å². The highest BCUT2D eigenvalue weighted by Gasteiger charge is 2.21. The van der Waals surface area contributed by atoms with Gasteiger partial charge in [0.2, 0.25) is 0 Å². The number of rotatable bonds is 10. The summed E-state index contributed by atoms with van der Waals surface area (Å²) < 4.78 is 5.87. The van der Waals surface area contributed by atoms with Crippen molar-refractivity contribution in [1.29, 1.82) is 0 Å². The Morgan fingerprint density at radius 1 is 1.31 bits per heavy atom. The number of aryl methyl sites for hydroxylation is 1. The minimum atomic E-state index is -0.369. The van der Waals surface area contributed by atoms with E-state index in [4.69, 9.17) is 4.74 Å². The van der Waals surface area contributed by atoms with Gasteiger partial charge < -0.3 is 15.4 Å². The predicted molar refractivity (Wildman–Crippen MR) is 116 cm³/mol. The zero-order valence-corrected chi connectivity index (χ0v) is 17.9.